The van der Waals surface area contributed by atoms with E-state index in [1.165, 1.54) is 5.39 Å². The van der Waals surface area contributed by atoms with Crippen LogP contribution in [-0.2, 0) is 0 Å². The summed E-state index contributed by atoms with van der Waals surface area (Å²) < 4.78 is 4.73. The Bertz CT molecular complexity index is 3930. The SMILES string of the molecule is c1ccc(-c2cc(-c3ccccc3)cc(-n3c4ccccc4c4ccc5c6ccccc6n(-c6nc(-c7ccccc7)nc(-c7ccc(-c8ccccc8)cc7-c7ccccc7)n6)c5c43)c2)cc1. The lowest BCUT2D eigenvalue weighted by Gasteiger charge is -2.16. The van der Waals surface area contributed by atoms with Gasteiger partial charge in [-0.15, -0.1) is 0 Å². The maximum atomic E-state index is 5.56. The lowest BCUT2D eigenvalue weighted by atomic mass is 9.94. The molecule has 0 atom stereocenters. The maximum Gasteiger partial charge on any atom is 0.238 e. The Morgan fingerprint density at radius 3 is 1.25 bits per heavy atom. The van der Waals surface area contributed by atoms with Crippen molar-refractivity contribution in [2.24, 2.45) is 0 Å². The Kier molecular flexibility index (Phi) is 9.43. The van der Waals surface area contributed by atoms with Crippen LogP contribution in [0.2, 0.25) is 0 Å². The molecule has 0 fully saturated rings. The van der Waals surface area contributed by atoms with Crippen LogP contribution in [0.25, 0.3) is 123 Å². The van der Waals surface area contributed by atoms with Gasteiger partial charge in [-0.25, -0.2) is 4.98 Å². The average Bonchev–Trinajstić information content (AvgIpc) is 3.95. The fraction of sp³-hybridized carbons (Fsp3) is 0. The summed E-state index contributed by atoms with van der Waals surface area (Å²) in [6.07, 6.45) is 0. The molecule has 3 aromatic heterocycles. The van der Waals surface area contributed by atoms with Crippen molar-refractivity contribution in [3.05, 3.63) is 249 Å². The summed E-state index contributed by atoms with van der Waals surface area (Å²) >= 11 is 0. The summed E-state index contributed by atoms with van der Waals surface area (Å²) in [7, 11) is 0. The molecule has 0 saturated carbocycles. The first-order valence-electron chi connectivity index (χ1n) is 23.0. The molecular formula is C63H41N5. The highest BCUT2D eigenvalue weighted by molar-refractivity contribution is 6.23. The molecule has 0 bridgehead atoms. The highest BCUT2D eigenvalue weighted by Gasteiger charge is 2.25. The van der Waals surface area contributed by atoms with Gasteiger partial charge in [-0.2, -0.15) is 9.97 Å². The molecule has 13 aromatic rings. The zero-order valence-corrected chi connectivity index (χ0v) is 36.9. The van der Waals surface area contributed by atoms with E-state index in [0.29, 0.717) is 17.6 Å². The molecular weight excluding hydrogens is 827 g/mol. The van der Waals surface area contributed by atoms with Crippen LogP contribution < -0.4 is 0 Å². The van der Waals surface area contributed by atoms with Gasteiger partial charge in [-0.3, -0.25) is 4.57 Å². The maximum absolute atomic E-state index is 5.56. The number of hydrogen-bond acceptors (Lipinski definition) is 3. The Morgan fingerprint density at radius 1 is 0.250 bits per heavy atom. The highest BCUT2D eigenvalue weighted by Crippen LogP contribution is 2.43. The topological polar surface area (TPSA) is 48.5 Å². The van der Waals surface area contributed by atoms with Gasteiger partial charge >= 0.3 is 0 Å². The molecule has 318 valence electrons. The third-order valence-electron chi connectivity index (χ3n) is 13.2. The smallest absolute Gasteiger partial charge is 0.238 e. The van der Waals surface area contributed by atoms with Crippen molar-refractivity contribution in [3.63, 3.8) is 0 Å². The van der Waals surface area contributed by atoms with Crippen molar-refractivity contribution in [2.75, 3.05) is 0 Å². The second-order valence-corrected chi connectivity index (χ2v) is 17.2. The molecule has 13 rings (SSSR count). The molecule has 68 heavy (non-hydrogen) atoms. The number of aromatic nitrogens is 5. The third kappa shape index (κ3) is 6.68. The molecule has 0 radical (unpaired) electrons. The van der Waals surface area contributed by atoms with Gasteiger partial charge < -0.3 is 4.57 Å². The normalized spacial score (nSPS) is 11.5. The van der Waals surface area contributed by atoms with Crippen molar-refractivity contribution in [1.82, 2.24) is 24.1 Å². The third-order valence-corrected chi connectivity index (χ3v) is 13.2. The van der Waals surface area contributed by atoms with Gasteiger partial charge in [0.25, 0.3) is 0 Å². The van der Waals surface area contributed by atoms with Gasteiger partial charge in [0, 0.05) is 38.4 Å². The molecule has 0 amide bonds. The van der Waals surface area contributed by atoms with Crippen LogP contribution in [0.5, 0.6) is 0 Å². The van der Waals surface area contributed by atoms with E-state index in [0.717, 1.165) is 99.5 Å². The highest BCUT2D eigenvalue weighted by atomic mass is 15.2. The molecule has 0 aliphatic carbocycles. The minimum absolute atomic E-state index is 0.540. The Labute approximate surface area is 393 Å². The lowest BCUT2D eigenvalue weighted by molar-refractivity contribution is 0.953. The predicted octanol–water partition coefficient (Wildman–Crippen LogP) is 16.1. The molecule has 10 aromatic carbocycles. The molecule has 0 unspecified atom stereocenters. The first-order valence-corrected chi connectivity index (χ1v) is 23.0. The molecule has 0 aliphatic rings. The number of hydrogen-bond donors (Lipinski definition) is 0. The van der Waals surface area contributed by atoms with Crippen LogP contribution in [-0.4, -0.2) is 24.1 Å². The second-order valence-electron chi connectivity index (χ2n) is 17.2. The van der Waals surface area contributed by atoms with Gasteiger partial charge in [0.05, 0.1) is 22.1 Å². The lowest BCUT2D eigenvalue weighted by Crippen LogP contribution is -2.07. The standard InChI is InChI=1S/C63H41N5/c1-6-20-42(21-7-1)47-34-35-55(56(41-47)45-26-12-4-13-27-45)62-64-61(46-28-14-5-15-29-46)65-63(66-62)68-58-33-19-17-31-52(58)54-37-36-53-51-30-16-18-32-57(51)67(59(53)60(54)68)50-39-48(43-22-8-2-9-23-43)38-49(40-50)44-24-10-3-11-25-44/h1-41H. The zero-order valence-electron chi connectivity index (χ0n) is 36.9. The molecule has 0 spiro atoms. The van der Waals surface area contributed by atoms with E-state index in [1.54, 1.807) is 0 Å². The van der Waals surface area contributed by atoms with Crippen molar-refractivity contribution in [2.45, 2.75) is 0 Å². The van der Waals surface area contributed by atoms with Crippen molar-refractivity contribution in [1.29, 1.82) is 0 Å². The van der Waals surface area contributed by atoms with Crippen molar-refractivity contribution >= 4 is 43.6 Å². The van der Waals surface area contributed by atoms with E-state index < -0.39 is 0 Å². The van der Waals surface area contributed by atoms with E-state index in [-0.39, 0.29) is 0 Å². The summed E-state index contributed by atoms with van der Waals surface area (Å²) in [5.41, 5.74) is 16.1. The van der Waals surface area contributed by atoms with Crippen molar-refractivity contribution in [3.8, 4) is 78.9 Å². The quantitative estimate of drug-likeness (QED) is 0.153. The number of nitrogens with zero attached hydrogens (tertiary/aromatic N) is 5. The van der Waals surface area contributed by atoms with E-state index in [1.807, 2.05) is 18.2 Å². The van der Waals surface area contributed by atoms with Crippen LogP contribution in [0, 0.1) is 0 Å². The zero-order chi connectivity index (χ0) is 45.0. The van der Waals surface area contributed by atoms with Gasteiger partial charge in [0.1, 0.15) is 0 Å². The van der Waals surface area contributed by atoms with Crippen LogP contribution in [0.3, 0.4) is 0 Å². The molecule has 0 saturated heterocycles. The minimum atomic E-state index is 0.540. The molecule has 3 heterocycles. The summed E-state index contributed by atoms with van der Waals surface area (Å²) in [6.45, 7) is 0. The van der Waals surface area contributed by atoms with Gasteiger partial charge in [0.2, 0.25) is 5.95 Å². The summed E-state index contributed by atoms with van der Waals surface area (Å²) in [5.74, 6) is 1.73. The Balaban J connectivity index is 1.14. The van der Waals surface area contributed by atoms with E-state index in [4.69, 9.17) is 15.0 Å². The van der Waals surface area contributed by atoms with Crippen LogP contribution in [0.4, 0.5) is 0 Å². The largest absolute Gasteiger partial charge is 0.307 e. The van der Waals surface area contributed by atoms with E-state index in [9.17, 15) is 0 Å². The minimum Gasteiger partial charge on any atom is -0.307 e. The van der Waals surface area contributed by atoms with Gasteiger partial charge in [0.15, 0.2) is 11.6 Å². The van der Waals surface area contributed by atoms with Crippen molar-refractivity contribution < 1.29 is 0 Å². The van der Waals surface area contributed by atoms with E-state index >= 15 is 0 Å². The molecule has 0 aliphatic heterocycles. The van der Waals surface area contributed by atoms with Crippen LogP contribution >= 0.6 is 0 Å². The first-order chi connectivity index (χ1) is 33.7. The van der Waals surface area contributed by atoms with Gasteiger partial charge in [-0.1, -0.05) is 206 Å². The fourth-order valence-corrected chi connectivity index (χ4v) is 10.0. The average molecular weight is 868 g/mol. The molecule has 0 N–H and O–H groups in total. The predicted molar refractivity (Wildman–Crippen MR) is 281 cm³/mol. The fourth-order valence-electron chi connectivity index (χ4n) is 10.0. The molecule has 5 heteroatoms. The van der Waals surface area contributed by atoms with Crippen LogP contribution in [0.1, 0.15) is 0 Å². The number of benzene rings is 10. The number of rotatable bonds is 8. The summed E-state index contributed by atoms with van der Waals surface area (Å²) in [5, 5.41) is 4.54. The monoisotopic (exact) mass is 867 g/mol. The first kappa shape index (κ1) is 39.2. The second kappa shape index (κ2) is 16.4. The number of para-hydroxylation sites is 2. The summed E-state index contributed by atoms with van der Waals surface area (Å²) in [4.78, 5) is 16.3. The number of fused-ring (bicyclic) bond motifs is 7. The van der Waals surface area contributed by atoms with Gasteiger partial charge in [-0.05, 0) is 87.0 Å². The Hall–Kier alpha value is -9.19. The Morgan fingerprint density at radius 2 is 0.691 bits per heavy atom. The summed E-state index contributed by atoms with van der Waals surface area (Å²) in [6, 6.07) is 88.2. The van der Waals surface area contributed by atoms with Crippen LogP contribution in [0.15, 0.2) is 249 Å². The van der Waals surface area contributed by atoms with E-state index in [2.05, 4.69) is 240 Å². The molecule has 5 nitrogen and oxygen atoms in total.